The first-order chi connectivity index (χ1) is 12.7. The van der Waals surface area contributed by atoms with Gasteiger partial charge in [-0.25, -0.2) is 0 Å². The minimum Gasteiger partial charge on any atom is -0.344 e. The molecule has 2 aliphatic rings. The second-order valence-corrected chi connectivity index (χ2v) is 8.88. The molecule has 0 radical (unpaired) electrons. The van der Waals surface area contributed by atoms with Gasteiger partial charge in [-0.1, -0.05) is 47.0 Å². The number of piperazine rings is 1. The van der Waals surface area contributed by atoms with E-state index in [1.807, 2.05) is 44.4 Å². The normalized spacial score (nSPS) is 22.9. The lowest BCUT2D eigenvalue weighted by atomic mass is 9.87. The molecule has 6 heteroatoms. The summed E-state index contributed by atoms with van der Waals surface area (Å²) in [4.78, 5) is 41.8. The van der Waals surface area contributed by atoms with Crippen LogP contribution in [0.3, 0.4) is 0 Å². The van der Waals surface area contributed by atoms with Gasteiger partial charge in [0.25, 0.3) is 0 Å². The molecule has 1 aliphatic carbocycles. The highest BCUT2D eigenvalue weighted by Crippen LogP contribution is 2.27. The third kappa shape index (κ3) is 5.45. The van der Waals surface area contributed by atoms with E-state index in [-0.39, 0.29) is 41.5 Å². The number of nitrogens with zero attached hydrogens (tertiary/aromatic N) is 2. The molecule has 0 aromatic carbocycles. The molecule has 154 valence electrons. The maximum Gasteiger partial charge on any atom is 0.245 e. The van der Waals surface area contributed by atoms with Gasteiger partial charge in [0.2, 0.25) is 17.7 Å². The molecule has 27 heavy (non-hydrogen) atoms. The summed E-state index contributed by atoms with van der Waals surface area (Å²) in [5.74, 6) is 0.178. The van der Waals surface area contributed by atoms with Gasteiger partial charge < -0.3 is 15.1 Å². The van der Waals surface area contributed by atoms with E-state index in [1.165, 1.54) is 6.42 Å². The fourth-order valence-electron chi connectivity index (χ4n) is 4.10. The second kappa shape index (κ2) is 9.56. The monoisotopic (exact) mass is 379 g/mol. The van der Waals surface area contributed by atoms with Crippen molar-refractivity contribution in [2.75, 3.05) is 19.6 Å². The summed E-state index contributed by atoms with van der Waals surface area (Å²) in [6.07, 6.45) is 5.53. The van der Waals surface area contributed by atoms with Gasteiger partial charge in [-0.15, -0.1) is 0 Å². The van der Waals surface area contributed by atoms with Crippen molar-refractivity contribution in [3.8, 4) is 0 Å². The van der Waals surface area contributed by atoms with Crippen LogP contribution < -0.4 is 5.32 Å². The Morgan fingerprint density at radius 1 is 0.963 bits per heavy atom. The number of hydrogen-bond donors (Lipinski definition) is 1. The van der Waals surface area contributed by atoms with E-state index in [0.717, 1.165) is 25.7 Å². The van der Waals surface area contributed by atoms with Gasteiger partial charge in [0.1, 0.15) is 6.04 Å². The highest BCUT2D eigenvalue weighted by atomic mass is 16.2. The molecule has 3 amide bonds. The molecular weight excluding hydrogens is 342 g/mol. The van der Waals surface area contributed by atoms with Crippen LogP contribution in [0.5, 0.6) is 0 Å². The second-order valence-electron chi connectivity index (χ2n) is 8.88. The summed E-state index contributed by atoms with van der Waals surface area (Å²) < 4.78 is 0. The Kier molecular flexibility index (Phi) is 7.68. The van der Waals surface area contributed by atoms with Gasteiger partial charge in [-0.05, 0) is 25.7 Å². The van der Waals surface area contributed by atoms with Crippen LogP contribution in [0.1, 0.15) is 66.7 Å². The van der Waals surface area contributed by atoms with E-state index in [0.29, 0.717) is 19.6 Å². The number of amides is 3. The maximum absolute atomic E-state index is 13.0. The third-order valence-electron chi connectivity index (χ3n) is 5.93. The van der Waals surface area contributed by atoms with Crippen molar-refractivity contribution in [2.45, 2.75) is 78.8 Å². The van der Waals surface area contributed by atoms with Gasteiger partial charge in [0, 0.05) is 37.5 Å². The molecule has 0 aromatic heterocycles. The lowest BCUT2D eigenvalue weighted by Crippen LogP contribution is -2.60. The van der Waals surface area contributed by atoms with E-state index in [2.05, 4.69) is 5.32 Å². The molecule has 1 N–H and O–H groups in total. The van der Waals surface area contributed by atoms with Crippen molar-refractivity contribution in [3.63, 3.8) is 0 Å². The predicted molar refractivity (Wildman–Crippen MR) is 106 cm³/mol. The first-order valence-electron chi connectivity index (χ1n) is 10.6. The van der Waals surface area contributed by atoms with Crippen LogP contribution in [-0.4, -0.2) is 59.2 Å². The van der Waals surface area contributed by atoms with E-state index in [9.17, 15) is 14.4 Å². The number of carbonyl (C=O) groups is 3. The summed E-state index contributed by atoms with van der Waals surface area (Å²) >= 11 is 0. The fourth-order valence-corrected chi connectivity index (χ4v) is 4.10. The molecule has 1 saturated carbocycles. The highest BCUT2D eigenvalue weighted by Gasteiger charge is 2.36. The SMILES string of the molecule is CC(C)C(=O)NC(C(=O)N1CCN(C(=O)C2CCCCC2)C(C)C1)C(C)C. The van der Waals surface area contributed by atoms with Gasteiger partial charge in [0.05, 0.1) is 0 Å². The zero-order valence-corrected chi connectivity index (χ0v) is 17.7. The Balaban J connectivity index is 1.97. The van der Waals surface area contributed by atoms with Crippen LogP contribution in [0.4, 0.5) is 0 Å². The molecule has 2 atom stereocenters. The van der Waals surface area contributed by atoms with Crippen molar-refractivity contribution in [1.29, 1.82) is 0 Å². The molecule has 0 aromatic rings. The number of rotatable bonds is 5. The van der Waals surface area contributed by atoms with E-state index in [4.69, 9.17) is 0 Å². The summed E-state index contributed by atoms with van der Waals surface area (Å²) in [5, 5.41) is 2.90. The molecule has 1 heterocycles. The summed E-state index contributed by atoms with van der Waals surface area (Å²) in [5.41, 5.74) is 0. The Bertz CT molecular complexity index is 541. The molecule has 0 bridgehead atoms. The first-order valence-corrected chi connectivity index (χ1v) is 10.6. The average molecular weight is 380 g/mol. The van der Waals surface area contributed by atoms with E-state index in [1.54, 1.807) is 0 Å². The first kappa shape index (κ1) is 21.7. The Morgan fingerprint density at radius 2 is 1.59 bits per heavy atom. The van der Waals surface area contributed by atoms with Gasteiger partial charge >= 0.3 is 0 Å². The van der Waals surface area contributed by atoms with Crippen molar-refractivity contribution < 1.29 is 14.4 Å². The van der Waals surface area contributed by atoms with Gasteiger partial charge in [-0.3, -0.25) is 14.4 Å². The van der Waals surface area contributed by atoms with Gasteiger partial charge in [-0.2, -0.15) is 0 Å². The molecule has 2 rings (SSSR count). The number of hydrogen-bond acceptors (Lipinski definition) is 3. The van der Waals surface area contributed by atoms with Crippen LogP contribution in [0.15, 0.2) is 0 Å². The summed E-state index contributed by atoms with van der Waals surface area (Å²) in [6, 6.07) is -0.488. The van der Waals surface area contributed by atoms with Crippen molar-refractivity contribution in [3.05, 3.63) is 0 Å². The molecule has 6 nitrogen and oxygen atoms in total. The van der Waals surface area contributed by atoms with E-state index < -0.39 is 6.04 Å². The van der Waals surface area contributed by atoms with Crippen LogP contribution in [-0.2, 0) is 14.4 Å². The standard InChI is InChI=1S/C21H37N3O3/c1-14(2)18(22-19(25)15(3)4)21(27)23-11-12-24(16(5)13-23)20(26)17-9-7-6-8-10-17/h14-18H,6-13H2,1-5H3,(H,22,25). The Morgan fingerprint density at radius 3 is 2.11 bits per heavy atom. The van der Waals surface area contributed by atoms with Crippen molar-refractivity contribution in [2.24, 2.45) is 17.8 Å². The summed E-state index contributed by atoms with van der Waals surface area (Å²) in [7, 11) is 0. The quantitative estimate of drug-likeness (QED) is 0.797. The zero-order chi connectivity index (χ0) is 20.1. The predicted octanol–water partition coefficient (Wildman–Crippen LogP) is 2.42. The fraction of sp³-hybridized carbons (Fsp3) is 0.857. The molecule has 1 saturated heterocycles. The molecule has 2 unspecified atom stereocenters. The smallest absolute Gasteiger partial charge is 0.245 e. The largest absolute Gasteiger partial charge is 0.344 e. The van der Waals surface area contributed by atoms with Gasteiger partial charge in [0.15, 0.2) is 0 Å². The Labute approximate surface area is 164 Å². The minimum absolute atomic E-state index is 0.0192. The molecule has 1 aliphatic heterocycles. The van der Waals surface area contributed by atoms with Crippen molar-refractivity contribution >= 4 is 17.7 Å². The summed E-state index contributed by atoms with van der Waals surface area (Å²) in [6.45, 7) is 11.3. The lowest BCUT2D eigenvalue weighted by molar-refractivity contribution is -0.148. The Hall–Kier alpha value is -1.59. The zero-order valence-electron chi connectivity index (χ0n) is 17.7. The minimum atomic E-state index is -0.507. The van der Waals surface area contributed by atoms with Crippen LogP contribution in [0, 0.1) is 17.8 Å². The average Bonchev–Trinajstić information content (AvgIpc) is 2.65. The maximum atomic E-state index is 13.0. The molecule has 0 spiro atoms. The van der Waals surface area contributed by atoms with Crippen LogP contribution in [0.2, 0.25) is 0 Å². The third-order valence-corrected chi connectivity index (χ3v) is 5.93. The number of carbonyl (C=O) groups excluding carboxylic acids is 3. The number of nitrogens with one attached hydrogen (secondary N) is 1. The van der Waals surface area contributed by atoms with E-state index >= 15 is 0 Å². The molecule has 2 fully saturated rings. The lowest BCUT2D eigenvalue weighted by Gasteiger charge is -2.43. The van der Waals surface area contributed by atoms with Crippen molar-refractivity contribution in [1.82, 2.24) is 15.1 Å². The molecular formula is C21H37N3O3. The van der Waals surface area contributed by atoms with Crippen LogP contribution in [0.25, 0.3) is 0 Å². The highest BCUT2D eigenvalue weighted by molar-refractivity contribution is 5.89. The topological polar surface area (TPSA) is 69.7 Å². The van der Waals surface area contributed by atoms with Crippen LogP contribution >= 0.6 is 0 Å².